The van der Waals surface area contributed by atoms with Gasteiger partial charge in [0.05, 0.1) is 0 Å². The zero-order valence-corrected chi connectivity index (χ0v) is 12.9. The van der Waals surface area contributed by atoms with Crippen molar-refractivity contribution >= 4 is 16.0 Å². The van der Waals surface area contributed by atoms with Gasteiger partial charge in [-0.15, -0.1) is 0 Å². The Morgan fingerprint density at radius 3 is 2.33 bits per heavy atom. The topological polar surface area (TPSA) is 96.6 Å². The van der Waals surface area contributed by atoms with Gasteiger partial charge in [-0.05, 0) is 19.8 Å². The average Bonchev–Trinajstić information content (AvgIpc) is 2.75. The molecule has 0 bridgehead atoms. The van der Waals surface area contributed by atoms with Crippen molar-refractivity contribution in [3.8, 4) is 0 Å². The molecule has 118 valence electrons. The molecule has 0 aliphatic heterocycles. The summed E-state index contributed by atoms with van der Waals surface area (Å²) in [5.74, 6) is -1.53. The molecule has 0 spiro atoms. The van der Waals surface area contributed by atoms with E-state index >= 15 is 0 Å². The van der Waals surface area contributed by atoms with Crippen LogP contribution in [-0.2, 0) is 10.0 Å². The van der Waals surface area contributed by atoms with Gasteiger partial charge in [-0.25, -0.2) is 17.9 Å². The number of furan rings is 1. The van der Waals surface area contributed by atoms with E-state index in [1.54, 1.807) is 0 Å². The number of hydrogen-bond donors (Lipinski definition) is 2. The largest absolute Gasteiger partial charge is 0.475 e. The second-order valence-corrected chi connectivity index (χ2v) is 7.18. The van der Waals surface area contributed by atoms with Crippen LogP contribution >= 0.6 is 0 Å². The maximum atomic E-state index is 12.4. The standard InChI is InChI=1S/C14H21NO5S/c1-10-13(9-12(20-10)14(16)17)21(18,19)15-11-7-5-3-2-4-6-8-11/h9,11,15H,2-8H2,1H3,(H,16,17). The molecular weight excluding hydrogens is 294 g/mol. The van der Waals surface area contributed by atoms with Gasteiger partial charge < -0.3 is 9.52 Å². The maximum absolute atomic E-state index is 12.4. The Balaban J connectivity index is 2.15. The first-order valence-corrected chi connectivity index (χ1v) is 8.74. The summed E-state index contributed by atoms with van der Waals surface area (Å²) in [5.41, 5.74) is 0. The average molecular weight is 315 g/mol. The van der Waals surface area contributed by atoms with E-state index in [0.29, 0.717) is 0 Å². The van der Waals surface area contributed by atoms with Crippen LogP contribution in [0, 0.1) is 6.92 Å². The van der Waals surface area contributed by atoms with Crippen molar-refractivity contribution in [3.63, 3.8) is 0 Å². The van der Waals surface area contributed by atoms with Gasteiger partial charge in [0.2, 0.25) is 15.8 Å². The number of aryl methyl sites for hydroxylation is 1. The van der Waals surface area contributed by atoms with Gasteiger partial charge in [-0.3, -0.25) is 0 Å². The van der Waals surface area contributed by atoms with E-state index in [9.17, 15) is 13.2 Å². The molecule has 1 aliphatic carbocycles. The minimum atomic E-state index is -3.74. The van der Waals surface area contributed by atoms with Crippen LogP contribution in [0.4, 0.5) is 0 Å². The fraction of sp³-hybridized carbons (Fsp3) is 0.643. The quantitative estimate of drug-likeness (QED) is 0.890. The summed E-state index contributed by atoms with van der Waals surface area (Å²) in [4.78, 5) is 10.8. The van der Waals surface area contributed by atoms with Gasteiger partial charge in [-0.1, -0.05) is 32.1 Å². The first-order valence-electron chi connectivity index (χ1n) is 7.26. The number of hydrogen-bond acceptors (Lipinski definition) is 4. The molecule has 1 aromatic rings. The first-order chi connectivity index (χ1) is 9.90. The van der Waals surface area contributed by atoms with Crippen molar-refractivity contribution < 1.29 is 22.7 Å². The van der Waals surface area contributed by atoms with Crippen LogP contribution in [0.2, 0.25) is 0 Å². The van der Waals surface area contributed by atoms with Gasteiger partial charge in [-0.2, -0.15) is 0 Å². The van der Waals surface area contributed by atoms with Gasteiger partial charge in [0.25, 0.3) is 0 Å². The zero-order valence-electron chi connectivity index (χ0n) is 12.1. The Morgan fingerprint density at radius 1 is 1.24 bits per heavy atom. The molecule has 0 unspecified atom stereocenters. The van der Waals surface area contributed by atoms with Crippen LogP contribution in [0.3, 0.4) is 0 Å². The lowest BCUT2D eigenvalue weighted by atomic mass is 9.97. The molecule has 7 heteroatoms. The predicted molar refractivity (Wildman–Crippen MR) is 76.8 cm³/mol. The monoisotopic (exact) mass is 315 g/mol. The van der Waals surface area contributed by atoms with E-state index in [0.717, 1.165) is 44.6 Å². The highest BCUT2D eigenvalue weighted by Gasteiger charge is 2.26. The second kappa shape index (κ2) is 6.62. The Morgan fingerprint density at radius 2 is 1.81 bits per heavy atom. The van der Waals surface area contributed by atoms with E-state index in [1.165, 1.54) is 13.3 Å². The van der Waals surface area contributed by atoms with Crippen molar-refractivity contribution in [2.24, 2.45) is 0 Å². The highest BCUT2D eigenvalue weighted by Crippen LogP contribution is 2.23. The van der Waals surface area contributed by atoms with Crippen LogP contribution in [0.25, 0.3) is 0 Å². The summed E-state index contributed by atoms with van der Waals surface area (Å²) in [7, 11) is -3.74. The molecule has 1 heterocycles. The number of carbonyl (C=O) groups is 1. The minimum absolute atomic E-state index is 0.0815. The molecule has 2 rings (SSSR count). The molecule has 1 aromatic heterocycles. The third kappa shape index (κ3) is 4.07. The van der Waals surface area contributed by atoms with Crippen molar-refractivity contribution in [2.75, 3.05) is 0 Å². The Kier molecular flexibility index (Phi) is 5.05. The molecule has 2 N–H and O–H groups in total. The number of nitrogens with one attached hydrogen (secondary N) is 1. The Labute approximate surface area is 124 Å². The van der Waals surface area contributed by atoms with E-state index in [2.05, 4.69) is 4.72 Å². The Bertz CT molecular complexity index is 597. The third-order valence-corrected chi connectivity index (χ3v) is 5.43. The van der Waals surface area contributed by atoms with Crippen LogP contribution in [0.1, 0.15) is 61.3 Å². The fourth-order valence-corrected chi connectivity index (χ4v) is 4.18. The minimum Gasteiger partial charge on any atom is -0.475 e. The van der Waals surface area contributed by atoms with Gasteiger partial charge in [0.1, 0.15) is 10.7 Å². The Hall–Kier alpha value is -1.34. The van der Waals surface area contributed by atoms with Crippen molar-refractivity contribution in [1.29, 1.82) is 0 Å². The second-order valence-electron chi connectivity index (χ2n) is 5.50. The molecule has 0 saturated heterocycles. The summed E-state index contributed by atoms with van der Waals surface area (Å²) in [5, 5.41) is 8.87. The van der Waals surface area contributed by atoms with E-state index in [-0.39, 0.29) is 22.5 Å². The normalized spacial score (nSPS) is 18.1. The van der Waals surface area contributed by atoms with Crippen molar-refractivity contribution in [3.05, 3.63) is 17.6 Å². The van der Waals surface area contributed by atoms with E-state index in [1.807, 2.05) is 0 Å². The first kappa shape index (κ1) is 16.0. The summed E-state index contributed by atoms with van der Waals surface area (Å²) >= 11 is 0. The van der Waals surface area contributed by atoms with Crippen LogP contribution in [0.5, 0.6) is 0 Å². The highest BCUT2D eigenvalue weighted by atomic mass is 32.2. The predicted octanol–water partition coefficient (Wildman–Crippen LogP) is 2.68. The summed E-state index contributed by atoms with van der Waals surface area (Å²) in [6.07, 6.45) is 7.14. The summed E-state index contributed by atoms with van der Waals surface area (Å²) < 4.78 is 32.5. The molecule has 0 amide bonds. The van der Waals surface area contributed by atoms with Gasteiger partial charge >= 0.3 is 5.97 Å². The number of carboxylic acid groups (broad SMARTS) is 1. The lowest BCUT2D eigenvalue weighted by Gasteiger charge is -2.20. The van der Waals surface area contributed by atoms with Crippen molar-refractivity contribution in [2.45, 2.75) is 62.8 Å². The van der Waals surface area contributed by atoms with Crippen LogP contribution in [0.15, 0.2) is 15.4 Å². The molecule has 0 aromatic carbocycles. The summed E-state index contributed by atoms with van der Waals surface area (Å²) in [6.45, 7) is 1.46. The van der Waals surface area contributed by atoms with E-state index in [4.69, 9.17) is 9.52 Å². The molecule has 1 fully saturated rings. The SMILES string of the molecule is Cc1oc(C(=O)O)cc1S(=O)(=O)NC1CCCCCCC1. The van der Waals surface area contributed by atoms with Crippen molar-refractivity contribution in [1.82, 2.24) is 4.72 Å². The van der Waals surface area contributed by atoms with E-state index < -0.39 is 16.0 Å². The molecule has 1 saturated carbocycles. The highest BCUT2D eigenvalue weighted by molar-refractivity contribution is 7.89. The molecule has 0 radical (unpaired) electrons. The third-order valence-electron chi connectivity index (χ3n) is 3.80. The van der Waals surface area contributed by atoms with Gasteiger partial charge in [0.15, 0.2) is 0 Å². The zero-order chi connectivity index (χ0) is 15.5. The fourth-order valence-electron chi connectivity index (χ4n) is 2.69. The number of carboxylic acids is 1. The summed E-state index contributed by atoms with van der Waals surface area (Å²) in [6, 6.07) is 0.987. The maximum Gasteiger partial charge on any atom is 0.371 e. The lowest BCUT2D eigenvalue weighted by molar-refractivity contribution is 0.0661. The number of sulfonamides is 1. The molecule has 21 heavy (non-hydrogen) atoms. The number of rotatable bonds is 4. The van der Waals surface area contributed by atoms with Gasteiger partial charge in [0, 0.05) is 12.1 Å². The van der Waals surface area contributed by atoms with Crippen LogP contribution < -0.4 is 4.72 Å². The molecular formula is C14H21NO5S. The molecule has 0 atom stereocenters. The molecule has 1 aliphatic rings. The number of aromatic carboxylic acids is 1. The lowest BCUT2D eigenvalue weighted by Crippen LogP contribution is -2.35. The smallest absolute Gasteiger partial charge is 0.371 e. The molecule has 6 nitrogen and oxygen atoms in total. The van der Waals surface area contributed by atoms with Crippen LogP contribution in [-0.4, -0.2) is 25.5 Å².